The van der Waals surface area contributed by atoms with E-state index in [2.05, 4.69) is 6.07 Å². The van der Waals surface area contributed by atoms with Crippen molar-refractivity contribution in [3.63, 3.8) is 0 Å². The van der Waals surface area contributed by atoms with E-state index in [-0.39, 0.29) is 17.2 Å². The molecule has 0 amide bonds. The van der Waals surface area contributed by atoms with Gasteiger partial charge in [0, 0.05) is 41.5 Å². The number of nitrogens with zero attached hydrogens (tertiary/aromatic N) is 2. The summed E-state index contributed by atoms with van der Waals surface area (Å²) in [5, 5.41) is 10.4. The first-order valence-corrected chi connectivity index (χ1v) is 11.9. The molecule has 0 bridgehead atoms. The van der Waals surface area contributed by atoms with E-state index in [0.717, 1.165) is 0 Å². The number of methoxy groups -OCH3 is 6. The van der Waals surface area contributed by atoms with E-state index >= 15 is 0 Å². The minimum absolute atomic E-state index is 0.0641. The molecule has 0 saturated carbocycles. The molecule has 0 radical (unpaired) electrons. The minimum Gasteiger partial charge on any atom is -0.496 e. The van der Waals surface area contributed by atoms with Gasteiger partial charge in [0.25, 0.3) is 0 Å². The number of nitrogens with two attached hydrogens (primary N) is 1. The lowest BCUT2D eigenvalue weighted by Crippen LogP contribution is -2.38. The maximum absolute atomic E-state index is 13.6. The molecule has 4 rings (SSSR count). The van der Waals surface area contributed by atoms with Gasteiger partial charge in [-0.25, -0.2) is 0 Å². The van der Waals surface area contributed by atoms with Gasteiger partial charge in [-0.2, -0.15) is 5.26 Å². The number of allylic oxidation sites excluding steroid dienone is 3. The van der Waals surface area contributed by atoms with Crippen LogP contribution in [-0.4, -0.2) is 48.4 Å². The molecule has 1 heterocycles. The topological polar surface area (TPSA) is 126 Å². The van der Waals surface area contributed by atoms with Crippen LogP contribution < -0.4 is 39.1 Å². The predicted octanol–water partition coefficient (Wildman–Crippen LogP) is 4.04. The van der Waals surface area contributed by atoms with Gasteiger partial charge in [0.05, 0.1) is 65.9 Å². The Bertz CT molecular complexity index is 1350. The highest BCUT2D eigenvalue weighted by molar-refractivity contribution is 6.01. The molecule has 2 aliphatic rings. The Hall–Kier alpha value is -4.52. The SMILES string of the molecule is COc1cc(OC)c(C2C(C#N)=C(N)N(c3cc(OC)c(OC)c(OC)c3)C3=C2C(=O)CCC3)cc1OC. The number of carbonyl (C=O) groups excluding carboxylic acids is 1. The fraction of sp³-hybridized carbons (Fsp3) is 0.357. The lowest BCUT2D eigenvalue weighted by Gasteiger charge is -2.40. The summed E-state index contributed by atoms with van der Waals surface area (Å²) < 4.78 is 33.2. The van der Waals surface area contributed by atoms with Crippen LogP contribution in [0.15, 0.2) is 46.9 Å². The van der Waals surface area contributed by atoms with Gasteiger partial charge in [0.2, 0.25) is 5.75 Å². The van der Waals surface area contributed by atoms with Gasteiger partial charge in [-0.1, -0.05) is 0 Å². The standard InChI is InChI=1S/C28H31N3O7/c1-33-20-13-22(35-3)21(34-2)12-16(20)25-17(14-29)28(30)31(18-8-7-9-19(32)26(18)25)15-10-23(36-4)27(38-6)24(11-15)37-5/h10-13,25H,7-9,30H2,1-6H3. The summed E-state index contributed by atoms with van der Waals surface area (Å²) >= 11 is 0. The average Bonchev–Trinajstić information content (AvgIpc) is 2.95. The Labute approximate surface area is 221 Å². The molecule has 2 aromatic carbocycles. The molecule has 0 spiro atoms. The molecule has 10 nitrogen and oxygen atoms in total. The van der Waals surface area contributed by atoms with Crippen LogP contribution in [0.3, 0.4) is 0 Å². The van der Waals surface area contributed by atoms with E-state index < -0.39 is 5.92 Å². The van der Waals surface area contributed by atoms with E-state index in [0.29, 0.717) is 76.3 Å². The largest absolute Gasteiger partial charge is 0.496 e. The smallest absolute Gasteiger partial charge is 0.203 e. The molecule has 2 aromatic rings. The molecule has 0 aromatic heterocycles. The first-order valence-electron chi connectivity index (χ1n) is 11.9. The van der Waals surface area contributed by atoms with Crippen molar-refractivity contribution in [1.29, 1.82) is 5.26 Å². The Morgan fingerprint density at radius 3 is 1.92 bits per heavy atom. The summed E-state index contributed by atoms with van der Waals surface area (Å²) in [7, 11) is 9.12. The molecule has 200 valence electrons. The minimum atomic E-state index is -0.754. The van der Waals surface area contributed by atoms with Crippen LogP contribution in [0.2, 0.25) is 0 Å². The summed E-state index contributed by atoms with van der Waals surface area (Å²) in [6.45, 7) is 0. The lowest BCUT2D eigenvalue weighted by molar-refractivity contribution is -0.116. The predicted molar refractivity (Wildman–Crippen MR) is 140 cm³/mol. The number of hydrogen-bond acceptors (Lipinski definition) is 10. The fourth-order valence-corrected chi connectivity index (χ4v) is 5.17. The zero-order valence-corrected chi connectivity index (χ0v) is 22.3. The van der Waals surface area contributed by atoms with Crippen LogP contribution in [0.1, 0.15) is 30.7 Å². The summed E-state index contributed by atoms with van der Waals surface area (Å²) in [5.41, 5.74) is 9.30. The Morgan fingerprint density at radius 2 is 1.39 bits per heavy atom. The van der Waals surface area contributed by atoms with Gasteiger partial charge in [0.1, 0.15) is 11.6 Å². The highest BCUT2D eigenvalue weighted by Crippen LogP contribution is 2.51. The number of ketones is 1. The van der Waals surface area contributed by atoms with Crippen molar-refractivity contribution < 1.29 is 33.2 Å². The second kappa shape index (κ2) is 10.8. The van der Waals surface area contributed by atoms with Crippen molar-refractivity contribution in [1.82, 2.24) is 0 Å². The van der Waals surface area contributed by atoms with Gasteiger partial charge < -0.3 is 34.2 Å². The molecule has 1 aliphatic carbocycles. The van der Waals surface area contributed by atoms with Crippen LogP contribution in [-0.2, 0) is 4.79 Å². The molecular formula is C28H31N3O7. The summed E-state index contributed by atoms with van der Waals surface area (Å²) in [5.74, 6) is 1.97. The van der Waals surface area contributed by atoms with Crippen molar-refractivity contribution in [2.75, 3.05) is 47.6 Å². The van der Waals surface area contributed by atoms with Crippen LogP contribution in [0, 0.1) is 11.3 Å². The Morgan fingerprint density at radius 1 is 0.816 bits per heavy atom. The molecule has 2 N–H and O–H groups in total. The molecular weight excluding hydrogens is 490 g/mol. The number of carbonyl (C=O) groups is 1. The van der Waals surface area contributed by atoms with E-state index in [1.807, 2.05) is 0 Å². The van der Waals surface area contributed by atoms with Gasteiger partial charge in [-0.05, 0) is 18.9 Å². The highest BCUT2D eigenvalue weighted by atomic mass is 16.5. The number of ether oxygens (including phenoxy) is 6. The number of rotatable bonds is 8. The van der Waals surface area contributed by atoms with E-state index in [1.54, 1.807) is 29.2 Å². The zero-order valence-electron chi connectivity index (χ0n) is 22.3. The normalized spacial score (nSPS) is 17.0. The van der Waals surface area contributed by atoms with Crippen molar-refractivity contribution in [3.05, 3.63) is 52.5 Å². The van der Waals surface area contributed by atoms with Crippen LogP contribution in [0.5, 0.6) is 34.5 Å². The number of benzene rings is 2. The summed E-state index contributed by atoms with van der Waals surface area (Å²) in [6.07, 6.45) is 1.57. The first kappa shape index (κ1) is 26.5. The van der Waals surface area contributed by atoms with Gasteiger partial charge >= 0.3 is 0 Å². The fourth-order valence-electron chi connectivity index (χ4n) is 5.17. The number of hydrogen-bond donors (Lipinski definition) is 1. The van der Waals surface area contributed by atoms with E-state index in [4.69, 9.17) is 34.2 Å². The van der Waals surface area contributed by atoms with Crippen LogP contribution in [0.25, 0.3) is 0 Å². The van der Waals surface area contributed by atoms with Gasteiger partial charge in [-0.15, -0.1) is 0 Å². The van der Waals surface area contributed by atoms with Crippen LogP contribution in [0.4, 0.5) is 5.69 Å². The second-order valence-corrected chi connectivity index (χ2v) is 8.65. The molecule has 1 aliphatic heterocycles. The summed E-state index contributed by atoms with van der Waals surface area (Å²) in [4.78, 5) is 15.3. The molecule has 1 unspecified atom stereocenters. The molecule has 1 atom stereocenters. The maximum atomic E-state index is 13.6. The zero-order chi connectivity index (χ0) is 27.6. The van der Waals surface area contributed by atoms with Crippen molar-refractivity contribution in [2.24, 2.45) is 5.73 Å². The Balaban J connectivity index is 2.02. The third kappa shape index (κ3) is 4.20. The van der Waals surface area contributed by atoms with Crippen molar-refractivity contribution >= 4 is 11.5 Å². The quantitative estimate of drug-likeness (QED) is 0.544. The van der Waals surface area contributed by atoms with Crippen molar-refractivity contribution in [2.45, 2.75) is 25.2 Å². The first-order chi connectivity index (χ1) is 18.4. The maximum Gasteiger partial charge on any atom is 0.203 e. The van der Waals surface area contributed by atoms with Gasteiger partial charge in [0.15, 0.2) is 28.8 Å². The molecule has 0 fully saturated rings. The number of nitriles is 1. The van der Waals surface area contributed by atoms with Gasteiger partial charge in [-0.3, -0.25) is 9.69 Å². The number of anilines is 1. The van der Waals surface area contributed by atoms with E-state index in [9.17, 15) is 10.1 Å². The third-order valence-corrected chi connectivity index (χ3v) is 6.87. The van der Waals surface area contributed by atoms with Crippen molar-refractivity contribution in [3.8, 4) is 40.6 Å². The second-order valence-electron chi connectivity index (χ2n) is 8.65. The molecule has 0 saturated heterocycles. The summed E-state index contributed by atoms with van der Waals surface area (Å²) in [6, 6.07) is 9.15. The van der Waals surface area contributed by atoms with Crippen LogP contribution >= 0.6 is 0 Å². The monoisotopic (exact) mass is 521 g/mol. The lowest BCUT2D eigenvalue weighted by atomic mass is 9.75. The Kier molecular flexibility index (Phi) is 7.57. The molecule has 10 heteroatoms. The molecule has 38 heavy (non-hydrogen) atoms. The van der Waals surface area contributed by atoms with E-state index in [1.165, 1.54) is 42.7 Å². The number of Topliss-reactive ketones (excluding diaryl/α,β-unsaturated/α-hetero) is 1. The average molecular weight is 522 g/mol. The highest BCUT2D eigenvalue weighted by Gasteiger charge is 2.42. The third-order valence-electron chi connectivity index (χ3n) is 6.87.